The lowest BCUT2D eigenvalue weighted by Gasteiger charge is -2.33. The van der Waals surface area contributed by atoms with Crippen LogP contribution in [0.2, 0.25) is 5.02 Å². The lowest BCUT2D eigenvalue weighted by molar-refractivity contribution is 0.00728. The smallest absolute Gasteiger partial charge is 0.227 e. The van der Waals surface area contributed by atoms with E-state index in [0.717, 1.165) is 29.8 Å². The Hall–Kier alpha value is -2.78. The SMILES string of the molecule is Cc1cc(C2CC2)nc(Nc2ccccc2)n1.OC(Cc1ccccc1Cl)(Cn1[nH]cnc1=S)C1(Cl)CC1. The molecule has 0 spiro atoms. The first-order valence-electron chi connectivity index (χ1n) is 12.7. The van der Waals surface area contributed by atoms with Gasteiger partial charge in [0.05, 0.1) is 11.4 Å². The third kappa shape index (κ3) is 6.43. The highest BCUT2D eigenvalue weighted by molar-refractivity contribution is 7.71. The van der Waals surface area contributed by atoms with E-state index in [4.69, 9.17) is 35.4 Å². The number of hydrogen-bond donors (Lipinski definition) is 3. The highest BCUT2D eigenvalue weighted by Gasteiger charge is 2.58. The average Bonchev–Trinajstić information content (AvgIpc) is 3.82. The predicted molar refractivity (Wildman–Crippen MR) is 154 cm³/mol. The molecule has 198 valence electrons. The monoisotopic (exact) mass is 568 g/mol. The second-order valence-electron chi connectivity index (χ2n) is 10.0. The number of nitrogens with one attached hydrogen (secondary N) is 2. The number of hydrogen-bond acceptors (Lipinski definition) is 6. The van der Waals surface area contributed by atoms with E-state index >= 15 is 0 Å². The third-order valence-corrected chi connectivity index (χ3v) is 8.33. The van der Waals surface area contributed by atoms with E-state index in [1.165, 1.54) is 24.9 Å². The molecule has 0 aliphatic heterocycles. The van der Waals surface area contributed by atoms with Gasteiger partial charge in [0.15, 0.2) is 0 Å². The second-order valence-corrected chi connectivity index (χ2v) is 11.5. The number of aromatic nitrogens is 5. The number of anilines is 2. The maximum Gasteiger partial charge on any atom is 0.227 e. The van der Waals surface area contributed by atoms with Crippen molar-refractivity contribution in [3.63, 3.8) is 0 Å². The molecule has 2 aliphatic rings. The molecule has 1 atom stereocenters. The molecule has 6 rings (SSSR count). The largest absolute Gasteiger partial charge is 0.386 e. The number of rotatable bonds is 8. The quantitative estimate of drug-likeness (QED) is 0.161. The fraction of sp³-hybridized carbons (Fsp3) is 0.357. The van der Waals surface area contributed by atoms with Gasteiger partial charge in [-0.05, 0) is 74.7 Å². The van der Waals surface area contributed by atoms with Crippen molar-refractivity contribution in [3.05, 3.63) is 93.7 Å². The van der Waals surface area contributed by atoms with Gasteiger partial charge < -0.3 is 10.4 Å². The van der Waals surface area contributed by atoms with Gasteiger partial charge in [0, 0.05) is 34.4 Å². The van der Waals surface area contributed by atoms with Crippen molar-refractivity contribution in [2.45, 2.75) is 62.0 Å². The fourth-order valence-corrected chi connectivity index (χ4v) is 5.02. The van der Waals surface area contributed by atoms with Crippen molar-refractivity contribution in [2.75, 3.05) is 5.32 Å². The summed E-state index contributed by atoms with van der Waals surface area (Å²) in [7, 11) is 0. The number of alkyl halides is 1. The lowest BCUT2D eigenvalue weighted by Crippen LogP contribution is -2.47. The van der Waals surface area contributed by atoms with Crippen LogP contribution in [0, 0.1) is 11.7 Å². The highest BCUT2D eigenvalue weighted by Crippen LogP contribution is 2.53. The standard InChI is InChI=1S/C14H15Cl2N3OS.C14H15N3/c15-11-4-2-1-3-10(11)7-14(20,13(16)5-6-13)8-19-12(21)17-9-18-19;1-10-9-13(11-7-8-11)17-14(15-10)16-12-5-3-2-4-6-12/h1-4,9,20H,5-8H2,(H,17,18,21);2-6,9,11H,7-8H2,1H3,(H,15,16,17). The van der Waals surface area contributed by atoms with E-state index in [0.29, 0.717) is 28.1 Å². The minimum Gasteiger partial charge on any atom is -0.386 e. The molecule has 7 nitrogen and oxygen atoms in total. The lowest BCUT2D eigenvalue weighted by atomic mass is 9.89. The maximum absolute atomic E-state index is 11.2. The van der Waals surface area contributed by atoms with Crippen molar-refractivity contribution >= 4 is 47.1 Å². The van der Waals surface area contributed by atoms with E-state index in [-0.39, 0.29) is 6.54 Å². The number of para-hydroxylation sites is 1. The zero-order valence-electron chi connectivity index (χ0n) is 21.1. The summed E-state index contributed by atoms with van der Waals surface area (Å²) in [5.41, 5.74) is 2.97. The number of nitrogens with zero attached hydrogens (tertiary/aromatic N) is 4. The number of benzene rings is 2. The van der Waals surface area contributed by atoms with Gasteiger partial charge in [-0.3, -0.25) is 9.78 Å². The van der Waals surface area contributed by atoms with E-state index in [2.05, 4.69) is 31.4 Å². The van der Waals surface area contributed by atoms with Gasteiger partial charge >= 0.3 is 0 Å². The Labute approximate surface area is 237 Å². The maximum atomic E-state index is 11.2. The summed E-state index contributed by atoms with van der Waals surface area (Å²) < 4.78 is 2.03. The number of aryl methyl sites for hydroxylation is 1. The number of H-pyrrole nitrogens is 1. The minimum absolute atomic E-state index is 0.264. The normalized spacial score (nSPS) is 17.2. The summed E-state index contributed by atoms with van der Waals surface area (Å²) in [5.74, 6) is 1.37. The molecule has 2 aliphatic carbocycles. The third-order valence-electron chi connectivity index (χ3n) is 6.90. The average molecular weight is 570 g/mol. The summed E-state index contributed by atoms with van der Waals surface area (Å²) in [4.78, 5) is 12.3. The molecule has 2 aromatic heterocycles. The van der Waals surface area contributed by atoms with Crippen molar-refractivity contribution in [1.29, 1.82) is 0 Å². The van der Waals surface area contributed by atoms with Crippen LogP contribution in [0.5, 0.6) is 0 Å². The van der Waals surface area contributed by atoms with Crippen molar-refractivity contribution in [1.82, 2.24) is 24.7 Å². The first-order chi connectivity index (χ1) is 18.2. The zero-order valence-corrected chi connectivity index (χ0v) is 23.4. The topological polar surface area (TPSA) is 91.7 Å². The highest BCUT2D eigenvalue weighted by atomic mass is 35.5. The summed E-state index contributed by atoms with van der Waals surface area (Å²) in [6, 6.07) is 19.6. The second kappa shape index (κ2) is 11.1. The molecule has 38 heavy (non-hydrogen) atoms. The van der Waals surface area contributed by atoms with Gasteiger partial charge in [0.25, 0.3) is 0 Å². The molecule has 0 bridgehead atoms. The van der Waals surface area contributed by atoms with Gasteiger partial charge in [0.1, 0.15) is 11.9 Å². The van der Waals surface area contributed by atoms with Crippen LogP contribution in [0.4, 0.5) is 11.6 Å². The van der Waals surface area contributed by atoms with E-state index in [9.17, 15) is 5.11 Å². The van der Waals surface area contributed by atoms with Gasteiger partial charge in [-0.1, -0.05) is 48.0 Å². The molecule has 1 unspecified atom stereocenters. The van der Waals surface area contributed by atoms with Crippen LogP contribution in [0.25, 0.3) is 0 Å². The van der Waals surface area contributed by atoms with Crippen LogP contribution < -0.4 is 5.32 Å². The molecule has 2 saturated carbocycles. The van der Waals surface area contributed by atoms with Crippen LogP contribution in [0.15, 0.2) is 67.0 Å². The summed E-state index contributed by atoms with van der Waals surface area (Å²) in [6.07, 6.45) is 5.96. The van der Waals surface area contributed by atoms with Crippen LogP contribution in [-0.2, 0) is 13.0 Å². The first kappa shape index (κ1) is 26.8. The van der Waals surface area contributed by atoms with E-state index in [1.54, 1.807) is 4.68 Å². The van der Waals surface area contributed by atoms with Crippen molar-refractivity contribution < 1.29 is 5.11 Å². The Bertz CT molecular complexity index is 1450. The molecule has 2 heterocycles. The van der Waals surface area contributed by atoms with Crippen LogP contribution in [0.3, 0.4) is 0 Å². The molecular formula is C28H30Cl2N6OS. The Balaban J connectivity index is 0.000000158. The summed E-state index contributed by atoms with van der Waals surface area (Å²) >= 11 is 17.9. The molecule has 3 N–H and O–H groups in total. The van der Waals surface area contributed by atoms with Gasteiger partial charge in [-0.25, -0.2) is 15.0 Å². The Morgan fingerprint density at radius 2 is 1.84 bits per heavy atom. The summed E-state index contributed by atoms with van der Waals surface area (Å²) in [6.45, 7) is 2.28. The van der Waals surface area contributed by atoms with Crippen molar-refractivity contribution in [3.8, 4) is 0 Å². The zero-order chi connectivity index (χ0) is 26.8. The van der Waals surface area contributed by atoms with Gasteiger partial charge in [-0.15, -0.1) is 11.6 Å². The fourth-order valence-electron chi connectivity index (χ4n) is 4.43. The van der Waals surface area contributed by atoms with Crippen LogP contribution in [0.1, 0.15) is 48.6 Å². The van der Waals surface area contributed by atoms with Crippen LogP contribution in [-0.4, -0.2) is 40.3 Å². The Morgan fingerprint density at radius 3 is 2.47 bits per heavy atom. The molecule has 0 radical (unpaired) electrons. The molecule has 2 fully saturated rings. The predicted octanol–water partition coefficient (Wildman–Crippen LogP) is 6.75. The van der Waals surface area contributed by atoms with Crippen LogP contribution >= 0.6 is 35.4 Å². The Morgan fingerprint density at radius 1 is 1.13 bits per heavy atom. The molecular weight excluding hydrogens is 539 g/mol. The molecule has 10 heteroatoms. The van der Waals surface area contributed by atoms with E-state index < -0.39 is 10.5 Å². The first-order valence-corrected chi connectivity index (χ1v) is 13.8. The van der Waals surface area contributed by atoms with Gasteiger partial charge in [-0.2, -0.15) is 0 Å². The van der Waals surface area contributed by atoms with E-state index in [1.807, 2.05) is 61.5 Å². The molecule has 0 saturated heterocycles. The minimum atomic E-state index is -1.13. The number of aliphatic hydroxyl groups is 1. The summed E-state index contributed by atoms with van der Waals surface area (Å²) in [5, 5.41) is 18.0. The van der Waals surface area contributed by atoms with Gasteiger partial charge in [0.2, 0.25) is 10.7 Å². The Kier molecular flexibility index (Phi) is 7.86. The number of halogens is 2. The molecule has 4 aromatic rings. The van der Waals surface area contributed by atoms with Crippen molar-refractivity contribution in [2.24, 2.45) is 0 Å². The molecule has 2 aromatic carbocycles. The number of aromatic amines is 1. The molecule has 0 amide bonds.